The minimum absolute atomic E-state index is 0.359. The van der Waals surface area contributed by atoms with Crippen molar-refractivity contribution in [3.63, 3.8) is 0 Å². The molecule has 9 nitrogen and oxygen atoms in total. The molecule has 5 rings (SSSR count). The van der Waals surface area contributed by atoms with Crippen LogP contribution in [0.4, 0.5) is 0 Å². The van der Waals surface area contributed by atoms with Crippen LogP contribution in [0.5, 0.6) is 5.75 Å². The zero-order chi connectivity index (χ0) is 20.7. The van der Waals surface area contributed by atoms with Crippen molar-refractivity contribution >= 4 is 5.65 Å². The highest BCUT2D eigenvalue weighted by Crippen LogP contribution is 2.26. The first-order chi connectivity index (χ1) is 14.6. The van der Waals surface area contributed by atoms with Crippen molar-refractivity contribution in [1.82, 2.24) is 34.6 Å². The first-order valence-electron chi connectivity index (χ1n) is 9.42. The maximum absolute atomic E-state index is 5.86. The van der Waals surface area contributed by atoms with Gasteiger partial charge in [0.1, 0.15) is 5.75 Å². The van der Waals surface area contributed by atoms with Crippen molar-refractivity contribution in [1.29, 1.82) is 0 Å². The number of hydrogen-bond donors (Lipinski definition) is 0. The van der Waals surface area contributed by atoms with E-state index in [9.17, 15) is 0 Å². The van der Waals surface area contributed by atoms with Gasteiger partial charge in [-0.15, -0.1) is 10.2 Å². The van der Waals surface area contributed by atoms with Crippen LogP contribution in [-0.4, -0.2) is 41.7 Å². The van der Waals surface area contributed by atoms with Crippen molar-refractivity contribution in [2.75, 3.05) is 7.11 Å². The number of aryl methyl sites for hydroxylation is 1. The van der Waals surface area contributed by atoms with Gasteiger partial charge in [0.05, 0.1) is 25.4 Å². The molecule has 5 aromatic rings. The van der Waals surface area contributed by atoms with Gasteiger partial charge in [-0.1, -0.05) is 12.1 Å². The molecule has 0 saturated carbocycles. The maximum atomic E-state index is 5.86. The molecular formula is C21H19N7O2. The topological polar surface area (TPSA) is 96.2 Å². The first kappa shape index (κ1) is 18.0. The Bertz CT molecular complexity index is 1330. The molecule has 0 atom stereocenters. The molecule has 30 heavy (non-hydrogen) atoms. The molecule has 4 heterocycles. The van der Waals surface area contributed by atoms with Gasteiger partial charge in [0.15, 0.2) is 11.3 Å². The minimum Gasteiger partial charge on any atom is -0.497 e. The Kier molecular flexibility index (Phi) is 4.27. The second-order valence-corrected chi connectivity index (χ2v) is 6.92. The zero-order valence-corrected chi connectivity index (χ0v) is 16.8. The smallest absolute Gasteiger partial charge is 0.268 e. The van der Waals surface area contributed by atoms with Gasteiger partial charge >= 0.3 is 0 Å². The van der Waals surface area contributed by atoms with Crippen LogP contribution in [0.1, 0.15) is 17.1 Å². The van der Waals surface area contributed by atoms with E-state index in [1.54, 1.807) is 17.8 Å². The molecule has 0 aliphatic heterocycles. The minimum atomic E-state index is 0.359. The van der Waals surface area contributed by atoms with E-state index in [1.807, 2.05) is 61.2 Å². The largest absolute Gasteiger partial charge is 0.497 e. The Hall–Kier alpha value is -4.01. The molecule has 0 aliphatic rings. The van der Waals surface area contributed by atoms with Crippen molar-refractivity contribution < 1.29 is 9.15 Å². The summed E-state index contributed by atoms with van der Waals surface area (Å²) >= 11 is 0. The molecule has 0 unspecified atom stereocenters. The Morgan fingerprint density at radius 2 is 1.93 bits per heavy atom. The van der Waals surface area contributed by atoms with Gasteiger partial charge in [-0.05, 0) is 30.7 Å². The monoisotopic (exact) mass is 401 g/mol. The van der Waals surface area contributed by atoms with Crippen molar-refractivity contribution in [3.05, 3.63) is 65.9 Å². The summed E-state index contributed by atoms with van der Waals surface area (Å²) < 4.78 is 14.6. The fraction of sp³-hybridized carbons (Fsp3) is 0.190. The SMILES string of the molecule is COc1ccc(Cc2nnc(-c3cc4nccc(-c5cnn(C)c5C)n4n3)o2)cc1. The molecule has 0 aliphatic carbocycles. The highest BCUT2D eigenvalue weighted by molar-refractivity contribution is 5.66. The van der Waals surface area contributed by atoms with E-state index in [-0.39, 0.29) is 0 Å². The van der Waals surface area contributed by atoms with Crippen LogP contribution in [0, 0.1) is 6.92 Å². The van der Waals surface area contributed by atoms with Crippen LogP contribution < -0.4 is 4.74 Å². The van der Waals surface area contributed by atoms with E-state index in [0.29, 0.717) is 29.5 Å². The number of methoxy groups -OCH3 is 1. The average Bonchev–Trinajstić information content (AvgIpc) is 3.48. The Morgan fingerprint density at radius 3 is 2.67 bits per heavy atom. The maximum Gasteiger partial charge on any atom is 0.268 e. The fourth-order valence-electron chi connectivity index (χ4n) is 3.30. The Morgan fingerprint density at radius 1 is 1.10 bits per heavy atom. The highest BCUT2D eigenvalue weighted by atomic mass is 16.5. The normalized spacial score (nSPS) is 11.3. The standard InChI is InChI=1S/C21H19N7O2/c1-13-16(12-23-27(13)2)18-8-9-22-19-11-17(26-28(18)19)21-25-24-20(30-21)10-14-4-6-15(29-3)7-5-14/h4-9,11-12H,10H2,1-3H3. The molecule has 4 aromatic heterocycles. The van der Waals surface area contributed by atoms with E-state index in [1.165, 1.54) is 0 Å². The van der Waals surface area contributed by atoms with Gasteiger partial charge in [-0.2, -0.15) is 10.2 Å². The molecule has 0 N–H and O–H groups in total. The average molecular weight is 401 g/mol. The molecule has 0 radical (unpaired) electrons. The summed E-state index contributed by atoms with van der Waals surface area (Å²) in [5, 5.41) is 17.3. The predicted octanol–water partition coefficient (Wildman–Crippen LogP) is 3.09. The van der Waals surface area contributed by atoms with Crippen LogP contribution >= 0.6 is 0 Å². The lowest BCUT2D eigenvalue weighted by Crippen LogP contribution is -1.97. The van der Waals surface area contributed by atoms with Gasteiger partial charge in [0.2, 0.25) is 5.89 Å². The van der Waals surface area contributed by atoms with E-state index in [4.69, 9.17) is 9.15 Å². The molecule has 0 saturated heterocycles. The zero-order valence-electron chi connectivity index (χ0n) is 16.8. The lowest BCUT2D eigenvalue weighted by atomic mass is 10.1. The molecule has 1 aromatic carbocycles. The summed E-state index contributed by atoms with van der Waals surface area (Å²) in [6, 6.07) is 11.5. The van der Waals surface area contributed by atoms with E-state index < -0.39 is 0 Å². The Labute approximate surface area is 172 Å². The van der Waals surface area contributed by atoms with Gasteiger partial charge in [-0.25, -0.2) is 9.50 Å². The second-order valence-electron chi connectivity index (χ2n) is 6.92. The lowest BCUT2D eigenvalue weighted by molar-refractivity contribution is 0.414. The third-order valence-corrected chi connectivity index (χ3v) is 5.07. The summed E-state index contributed by atoms with van der Waals surface area (Å²) in [6.07, 6.45) is 4.11. The fourth-order valence-corrected chi connectivity index (χ4v) is 3.30. The molecule has 0 amide bonds. The second kappa shape index (κ2) is 7.11. The number of ether oxygens (including phenoxy) is 1. The quantitative estimate of drug-likeness (QED) is 0.446. The summed E-state index contributed by atoms with van der Waals surface area (Å²) in [6.45, 7) is 2.02. The van der Waals surface area contributed by atoms with Crippen molar-refractivity contribution in [2.45, 2.75) is 13.3 Å². The third kappa shape index (κ3) is 3.10. The number of rotatable bonds is 5. The molecule has 0 bridgehead atoms. The first-order valence-corrected chi connectivity index (χ1v) is 9.42. The van der Waals surface area contributed by atoms with Crippen molar-refractivity contribution in [3.8, 4) is 28.6 Å². The number of aromatic nitrogens is 7. The van der Waals surface area contributed by atoms with E-state index in [0.717, 1.165) is 28.3 Å². The van der Waals surface area contributed by atoms with E-state index in [2.05, 4.69) is 25.4 Å². The predicted molar refractivity (Wildman–Crippen MR) is 109 cm³/mol. The molecule has 0 spiro atoms. The molecule has 0 fully saturated rings. The number of nitrogens with zero attached hydrogens (tertiary/aromatic N) is 7. The van der Waals surface area contributed by atoms with Gasteiger partial charge in [0, 0.05) is 30.6 Å². The Balaban J connectivity index is 1.47. The summed E-state index contributed by atoms with van der Waals surface area (Å²) in [4.78, 5) is 4.41. The van der Waals surface area contributed by atoms with Crippen molar-refractivity contribution in [2.24, 2.45) is 7.05 Å². The number of benzene rings is 1. The van der Waals surface area contributed by atoms with Crippen LogP contribution in [0.15, 0.2) is 53.2 Å². The van der Waals surface area contributed by atoms with E-state index >= 15 is 0 Å². The number of fused-ring (bicyclic) bond motifs is 1. The van der Waals surface area contributed by atoms with Crippen LogP contribution in [-0.2, 0) is 13.5 Å². The lowest BCUT2D eigenvalue weighted by Gasteiger charge is -2.03. The van der Waals surface area contributed by atoms with Crippen LogP contribution in [0.2, 0.25) is 0 Å². The third-order valence-electron chi connectivity index (χ3n) is 5.07. The van der Waals surface area contributed by atoms with Crippen LogP contribution in [0.25, 0.3) is 28.5 Å². The molecule has 9 heteroatoms. The molecule has 150 valence electrons. The number of hydrogen-bond acceptors (Lipinski definition) is 7. The van der Waals surface area contributed by atoms with Gasteiger partial charge in [0.25, 0.3) is 5.89 Å². The van der Waals surface area contributed by atoms with Crippen LogP contribution in [0.3, 0.4) is 0 Å². The highest BCUT2D eigenvalue weighted by Gasteiger charge is 2.17. The molecular weight excluding hydrogens is 382 g/mol. The van der Waals surface area contributed by atoms with Gasteiger partial charge < -0.3 is 9.15 Å². The summed E-state index contributed by atoms with van der Waals surface area (Å²) in [7, 11) is 3.55. The van der Waals surface area contributed by atoms with Gasteiger partial charge in [-0.3, -0.25) is 4.68 Å². The summed E-state index contributed by atoms with van der Waals surface area (Å²) in [5.74, 6) is 1.68. The summed E-state index contributed by atoms with van der Waals surface area (Å²) in [5.41, 5.74) is 5.25.